The van der Waals surface area contributed by atoms with E-state index in [2.05, 4.69) is 25.0 Å². The average Bonchev–Trinajstić information content (AvgIpc) is 1.75. The Balaban J connectivity index is 2.63. The smallest absolute Gasteiger partial charge is 0.311 e. The van der Waals surface area contributed by atoms with E-state index in [1.807, 2.05) is 0 Å². The van der Waals surface area contributed by atoms with Crippen LogP contribution in [0.2, 0.25) is 25.7 Å². The molecule has 1 aliphatic rings. The number of hydrogen-bond donors (Lipinski definition) is 2. The van der Waals surface area contributed by atoms with E-state index >= 15 is 0 Å². The lowest BCUT2D eigenvalue weighted by atomic mass is 9.84. The molecule has 0 aromatic rings. The van der Waals surface area contributed by atoms with E-state index in [1.165, 1.54) is 0 Å². The van der Waals surface area contributed by atoms with Gasteiger partial charge in [0, 0.05) is 21.2 Å². The van der Waals surface area contributed by atoms with Crippen LogP contribution in [0.25, 0.3) is 0 Å². The van der Waals surface area contributed by atoms with E-state index in [4.69, 9.17) is 5.11 Å². The van der Waals surface area contributed by atoms with Crippen LogP contribution in [0, 0.1) is 5.41 Å². The Hall–Kier alpha value is -0.353. The molecule has 4 heteroatoms. The molecule has 0 radical (unpaired) electrons. The Kier molecular flexibility index (Phi) is 2.31. The molecule has 3 nitrogen and oxygen atoms in total. The minimum absolute atomic E-state index is 0.426. The second kappa shape index (κ2) is 2.85. The molecule has 1 fully saturated rings. The van der Waals surface area contributed by atoms with Gasteiger partial charge < -0.3 is 10.4 Å². The van der Waals surface area contributed by atoms with E-state index in [-0.39, 0.29) is 0 Å². The van der Waals surface area contributed by atoms with Gasteiger partial charge in [0.05, 0.1) is 5.41 Å². The lowest BCUT2D eigenvalue weighted by molar-refractivity contribution is -0.150. The third-order valence-corrected chi connectivity index (χ3v) is 3.99. The van der Waals surface area contributed by atoms with Crippen LogP contribution in [0.5, 0.6) is 0 Å². The molecule has 0 bridgehead atoms. The molecule has 2 N–H and O–H groups in total. The lowest BCUT2D eigenvalue weighted by Gasteiger charge is -2.42. The molecule has 0 unspecified atom stereocenters. The highest BCUT2D eigenvalue weighted by Crippen LogP contribution is 2.33. The standard InChI is InChI=1S/C8H17NO2Si/c1-12(2,3)6-8(7(10)11)4-9-5-8/h9H,4-6H2,1-3H3,(H,10,11). The number of rotatable bonds is 3. The topological polar surface area (TPSA) is 49.3 Å². The van der Waals surface area contributed by atoms with Crippen molar-refractivity contribution < 1.29 is 9.90 Å². The first-order valence-electron chi connectivity index (χ1n) is 4.30. The number of carbonyl (C=O) groups is 1. The minimum Gasteiger partial charge on any atom is -0.481 e. The second-order valence-corrected chi connectivity index (χ2v) is 10.4. The van der Waals surface area contributed by atoms with E-state index in [0.717, 1.165) is 6.04 Å². The van der Waals surface area contributed by atoms with Crippen molar-refractivity contribution in [3.63, 3.8) is 0 Å². The van der Waals surface area contributed by atoms with Crippen LogP contribution >= 0.6 is 0 Å². The molecule has 12 heavy (non-hydrogen) atoms. The van der Waals surface area contributed by atoms with E-state index in [1.54, 1.807) is 0 Å². The van der Waals surface area contributed by atoms with Gasteiger partial charge in [-0.1, -0.05) is 19.6 Å². The molecule has 0 spiro atoms. The first-order valence-corrected chi connectivity index (χ1v) is 8.01. The number of carboxylic acid groups (broad SMARTS) is 1. The van der Waals surface area contributed by atoms with Gasteiger partial charge in [-0.25, -0.2) is 0 Å². The molecule has 0 amide bonds. The van der Waals surface area contributed by atoms with Crippen molar-refractivity contribution in [2.24, 2.45) is 5.41 Å². The summed E-state index contributed by atoms with van der Waals surface area (Å²) in [5.74, 6) is -0.622. The highest BCUT2D eigenvalue weighted by molar-refractivity contribution is 6.76. The Morgan fingerprint density at radius 2 is 2.00 bits per heavy atom. The first-order chi connectivity index (χ1) is 5.36. The summed E-state index contributed by atoms with van der Waals surface area (Å²) in [6, 6.07) is 0.891. The maximum absolute atomic E-state index is 11.0. The van der Waals surface area contributed by atoms with Gasteiger partial charge in [0.15, 0.2) is 0 Å². The fourth-order valence-corrected chi connectivity index (χ4v) is 4.23. The summed E-state index contributed by atoms with van der Waals surface area (Å²) < 4.78 is 0. The van der Waals surface area contributed by atoms with Crippen LogP contribution in [-0.4, -0.2) is 32.2 Å². The summed E-state index contributed by atoms with van der Waals surface area (Å²) in [4.78, 5) is 11.0. The highest BCUT2D eigenvalue weighted by Gasteiger charge is 2.46. The zero-order valence-electron chi connectivity index (χ0n) is 7.98. The summed E-state index contributed by atoms with van der Waals surface area (Å²) in [5, 5.41) is 12.1. The summed E-state index contributed by atoms with van der Waals surface area (Å²) >= 11 is 0. The molecule has 0 aliphatic carbocycles. The number of nitrogens with one attached hydrogen (secondary N) is 1. The van der Waals surface area contributed by atoms with Crippen LogP contribution in [0.15, 0.2) is 0 Å². The maximum Gasteiger partial charge on any atom is 0.311 e. The van der Waals surface area contributed by atoms with Crippen molar-refractivity contribution in [2.75, 3.05) is 13.1 Å². The number of aliphatic carboxylic acids is 1. The van der Waals surface area contributed by atoms with E-state index in [0.29, 0.717) is 13.1 Å². The van der Waals surface area contributed by atoms with Gasteiger partial charge in [0.1, 0.15) is 0 Å². The van der Waals surface area contributed by atoms with Gasteiger partial charge in [-0.05, 0) is 6.04 Å². The monoisotopic (exact) mass is 187 g/mol. The summed E-state index contributed by atoms with van der Waals surface area (Å²) in [7, 11) is -1.25. The Labute approximate surface area is 74.2 Å². The molecule has 1 aliphatic heterocycles. The van der Waals surface area contributed by atoms with E-state index < -0.39 is 19.5 Å². The molecule has 1 rings (SSSR count). The van der Waals surface area contributed by atoms with Crippen LogP contribution in [-0.2, 0) is 4.79 Å². The van der Waals surface area contributed by atoms with Crippen LogP contribution in [0.3, 0.4) is 0 Å². The molecule has 70 valence electrons. The van der Waals surface area contributed by atoms with Crippen LogP contribution in [0.1, 0.15) is 0 Å². The molecule has 0 aromatic heterocycles. The normalized spacial score (nSPS) is 21.6. The first kappa shape index (κ1) is 9.73. The summed E-state index contributed by atoms with van der Waals surface area (Å²) in [5.41, 5.74) is -0.426. The van der Waals surface area contributed by atoms with Gasteiger partial charge in [0.25, 0.3) is 0 Å². The molecule has 0 saturated carbocycles. The number of hydrogen-bond acceptors (Lipinski definition) is 2. The fourth-order valence-electron chi connectivity index (χ4n) is 1.79. The zero-order chi connectivity index (χ0) is 9.41. The fraction of sp³-hybridized carbons (Fsp3) is 0.875. The molecule has 1 heterocycles. The summed E-state index contributed by atoms with van der Waals surface area (Å²) in [6.45, 7) is 7.97. The average molecular weight is 187 g/mol. The number of carboxylic acids is 1. The highest BCUT2D eigenvalue weighted by atomic mass is 28.3. The predicted molar refractivity (Wildman–Crippen MR) is 51.1 cm³/mol. The maximum atomic E-state index is 11.0. The van der Waals surface area contributed by atoms with Gasteiger partial charge in [0.2, 0.25) is 0 Å². The third-order valence-electron chi connectivity index (χ3n) is 2.25. The van der Waals surface area contributed by atoms with Gasteiger partial charge in [-0.15, -0.1) is 0 Å². The van der Waals surface area contributed by atoms with Crippen molar-refractivity contribution in [1.82, 2.24) is 5.32 Å². The Bertz CT molecular complexity index is 194. The van der Waals surface area contributed by atoms with Crippen molar-refractivity contribution in [1.29, 1.82) is 0 Å². The van der Waals surface area contributed by atoms with Gasteiger partial charge >= 0.3 is 5.97 Å². The molecule has 0 atom stereocenters. The lowest BCUT2D eigenvalue weighted by Crippen LogP contribution is -2.60. The van der Waals surface area contributed by atoms with Crippen molar-refractivity contribution in [3.8, 4) is 0 Å². The molecular weight excluding hydrogens is 170 g/mol. The zero-order valence-corrected chi connectivity index (χ0v) is 8.98. The second-order valence-electron chi connectivity index (χ2n) is 4.93. The third kappa shape index (κ3) is 1.87. The van der Waals surface area contributed by atoms with Gasteiger partial charge in [-0.2, -0.15) is 0 Å². The molecule has 0 aromatic carbocycles. The Morgan fingerprint density at radius 1 is 1.50 bits per heavy atom. The van der Waals surface area contributed by atoms with Gasteiger partial charge in [-0.3, -0.25) is 4.79 Å². The van der Waals surface area contributed by atoms with Crippen molar-refractivity contribution in [3.05, 3.63) is 0 Å². The predicted octanol–water partition coefficient (Wildman–Crippen LogP) is 0.999. The Morgan fingerprint density at radius 3 is 2.08 bits per heavy atom. The quantitative estimate of drug-likeness (QED) is 0.648. The largest absolute Gasteiger partial charge is 0.481 e. The van der Waals surface area contributed by atoms with E-state index in [9.17, 15) is 4.79 Å². The minimum atomic E-state index is -1.25. The summed E-state index contributed by atoms with van der Waals surface area (Å²) in [6.07, 6.45) is 0. The molecular formula is C8H17NO2Si. The van der Waals surface area contributed by atoms with Crippen LogP contribution in [0.4, 0.5) is 0 Å². The molecule has 1 saturated heterocycles. The SMILES string of the molecule is C[Si](C)(C)CC1(C(=O)O)CNC1. The van der Waals surface area contributed by atoms with Crippen molar-refractivity contribution >= 4 is 14.0 Å². The van der Waals surface area contributed by atoms with Crippen LogP contribution < -0.4 is 5.32 Å². The van der Waals surface area contributed by atoms with Crippen molar-refractivity contribution in [2.45, 2.75) is 25.7 Å².